The highest BCUT2D eigenvalue weighted by molar-refractivity contribution is 9.10. The number of benzene rings is 1. The summed E-state index contributed by atoms with van der Waals surface area (Å²) in [6, 6.07) is 5.97. The lowest BCUT2D eigenvalue weighted by Gasteiger charge is -2.14. The number of hydrogen-bond acceptors (Lipinski definition) is 3. The van der Waals surface area contributed by atoms with Gasteiger partial charge in [-0.3, -0.25) is 0 Å². The van der Waals surface area contributed by atoms with E-state index in [-0.39, 0.29) is 0 Å². The normalized spacial score (nSPS) is 11.1. The van der Waals surface area contributed by atoms with E-state index in [4.69, 9.17) is 10.5 Å². The molecule has 0 atom stereocenters. The Morgan fingerprint density at radius 1 is 1.37 bits per heavy atom. The molecule has 0 aliphatic rings. The SMILES string of the molecule is Cc1nn(C)c(Oc2ccc(Br)cc2C(C)C)c1N. The minimum Gasteiger partial charge on any atom is -0.437 e. The zero-order valence-electron chi connectivity index (χ0n) is 11.6. The van der Waals surface area contributed by atoms with Crippen LogP contribution in [0.2, 0.25) is 0 Å². The minimum atomic E-state index is 0.364. The molecule has 0 amide bonds. The van der Waals surface area contributed by atoms with Crippen LogP contribution >= 0.6 is 15.9 Å². The summed E-state index contributed by atoms with van der Waals surface area (Å²) < 4.78 is 8.67. The molecular weight excluding hydrogens is 306 g/mol. The highest BCUT2D eigenvalue weighted by atomic mass is 79.9. The van der Waals surface area contributed by atoms with Gasteiger partial charge >= 0.3 is 0 Å². The fourth-order valence-electron chi connectivity index (χ4n) is 1.94. The Labute approximate surface area is 121 Å². The quantitative estimate of drug-likeness (QED) is 0.929. The first-order valence-corrected chi connectivity index (χ1v) is 6.95. The summed E-state index contributed by atoms with van der Waals surface area (Å²) in [7, 11) is 1.83. The van der Waals surface area contributed by atoms with Crippen LogP contribution in [0.15, 0.2) is 22.7 Å². The number of ether oxygens (including phenoxy) is 1. The fraction of sp³-hybridized carbons (Fsp3) is 0.357. The van der Waals surface area contributed by atoms with Gasteiger partial charge in [-0.15, -0.1) is 0 Å². The highest BCUT2D eigenvalue weighted by Gasteiger charge is 2.15. The Morgan fingerprint density at radius 2 is 2.05 bits per heavy atom. The molecule has 1 heterocycles. The molecule has 0 unspecified atom stereocenters. The summed E-state index contributed by atoms with van der Waals surface area (Å²) in [5.74, 6) is 1.76. The summed E-state index contributed by atoms with van der Waals surface area (Å²) in [6.07, 6.45) is 0. The number of rotatable bonds is 3. The van der Waals surface area contributed by atoms with Gasteiger partial charge in [0.05, 0.1) is 5.69 Å². The molecule has 0 bridgehead atoms. The first kappa shape index (κ1) is 13.9. The molecule has 2 N–H and O–H groups in total. The molecular formula is C14H18BrN3O. The molecule has 5 heteroatoms. The van der Waals surface area contributed by atoms with Gasteiger partial charge in [0.1, 0.15) is 11.4 Å². The van der Waals surface area contributed by atoms with Gasteiger partial charge in [-0.05, 0) is 36.6 Å². The van der Waals surface area contributed by atoms with Crippen molar-refractivity contribution in [1.29, 1.82) is 0 Å². The predicted molar refractivity (Wildman–Crippen MR) is 80.7 cm³/mol. The molecule has 0 fully saturated rings. The number of hydrogen-bond donors (Lipinski definition) is 1. The standard InChI is InChI=1S/C14H18BrN3O/c1-8(2)11-7-10(15)5-6-12(11)19-14-13(16)9(3)17-18(14)4/h5-8H,16H2,1-4H3. The number of aromatic nitrogens is 2. The van der Waals surface area contributed by atoms with Crippen molar-refractivity contribution in [3.8, 4) is 11.6 Å². The van der Waals surface area contributed by atoms with Crippen molar-refractivity contribution in [3.63, 3.8) is 0 Å². The third-order valence-electron chi connectivity index (χ3n) is 3.01. The van der Waals surface area contributed by atoms with Crippen LogP contribution in [0.1, 0.15) is 31.0 Å². The Hall–Kier alpha value is -1.49. The van der Waals surface area contributed by atoms with Gasteiger partial charge in [-0.25, -0.2) is 4.68 Å². The first-order valence-electron chi connectivity index (χ1n) is 6.16. The Morgan fingerprint density at radius 3 is 2.58 bits per heavy atom. The molecule has 0 aliphatic carbocycles. The van der Waals surface area contributed by atoms with E-state index in [2.05, 4.69) is 40.9 Å². The van der Waals surface area contributed by atoms with Crippen LogP contribution in [-0.2, 0) is 7.05 Å². The molecule has 1 aromatic heterocycles. The second kappa shape index (κ2) is 5.25. The van der Waals surface area contributed by atoms with Gasteiger partial charge in [0, 0.05) is 11.5 Å². The fourth-order valence-corrected chi connectivity index (χ4v) is 2.32. The molecule has 0 saturated heterocycles. The second-order valence-electron chi connectivity index (χ2n) is 4.87. The van der Waals surface area contributed by atoms with Gasteiger partial charge in [0.15, 0.2) is 0 Å². The predicted octanol–water partition coefficient (Wildman–Crippen LogP) is 3.99. The molecule has 4 nitrogen and oxygen atoms in total. The van der Waals surface area contributed by atoms with E-state index < -0.39 is 0 Å². The molecule has 0 radical (unpaired) electrons. The Bertz CT molecular complexity index is 605. The van der Waals surface area contributed by atoms with Crippen LogP contribution in [0.5, 0.6) is 11.6 Å². The maximum Gasteiger partial charge on any atom is 0.241 e. The number of anilines is 1. The highest BCUT2D eigenvalue weighted by Crippen LogP contribution is 2.35. The van der Waals surface area contributed by atoms with E-state index in [0.717, 1.165) is 21.5 Å². The molecule has 2 aromatic rings. The zero-order valence-corrected chi connectivity index (χ0v) is 13.2. The second-order valence-corrected chi connectivity index (χ2v) is 5.78. The smallest absolute Gasteiger partial charge is 0.241 e. The van der Waals surface area contributed by atoms with E-state index in [1.54, 1.807) is 4.68 Å². The molecule has 19 heavy (non-hydrogen) atoms. The topological polar surface area (TPSA) is 53.1 Å². The number of nitrogen functional groups attached to an aromatic ring is 1. The summed E-state index contributed by atoms with van der Waals surface area (Å²) in [5.41, 5.74) is 8.48. The molecule has 102 valence electrons. The molecule has 1 aromatic carbocycles. The maximum absolute atomic E-state index is 5.99. The number of nitrogens with zero attached hydrogens (tertiary/aromatic N) is 2. The van der Waals surface area contributed by atoms with E-state index in [0.29, 0.717) is 17.5 Å². The maximum atomic E-state index is 5.99. The molecule has 0 saturated carbocycles. The third kappa shape index (κ3) is 2.76. The van der Waals surface area contributed by atoms with Crippen LogP contribution in [0.25, 0.3) is 0 Å². The van der Waals surface area contributed by atoms with Gasteiger partial charge in [0.2, 0.25) is 5.88 Å². The average molecular weight is 324 g/mol. The van der Waals surface area contributed by atoms with E-state index in [1.165, 1.54) is 0 Å². The number of halogens is 1. The van der Waals surface area contributed by atoms with Crippen molar-refractivity contribution in [2.24, 2.45) is 7.05 Å². The van der Waals surface area contributed by atoms with Crippen LogP contribution in [0, 0.1) is 6.92 Å². The Kier molecular flexibility index (Phi) is 3.85. The summed E-state index contributed by atoms with van der Waals surface area (Å²) in [5, 5.41) is 4.26. The lowest BCUT2D eigenvalue weighted by molar-refractivity contribution is 0.426. The van der Waals surface area contributed by atoms with Crippen molar-refractivity contribution in [3.05, 3.63) is 33.9 Å². The Balaban J connectivity index is 2.43. The van der Waals surface area contributed by atoms with Gasteiger partial charge in [-0.2, -0.15) is 5.10 Å². The lowest BCUT2D eigenvalue weighted by atomic mass is 10.0. The zero-order chi connectivity index (χ0) is 14.2. The summed E-state index contributed by atoms with van der Waals surface area (Å²) in [4.78, 5) is 0. The summed E-state index contributed by atoms with van der Waals surface area (Å²) in [6.45, 7) is 6.13. The first-order chi connectivity index (χ1) is 8.90. The molecule has 0 spiro atoms. The van der Waals surface area contributed by atoms with Crippen LogP contribution in [-0.4, -0.2) is 9.78 Å². The minimum absolute atomic E-state index is 0.364. The van der Waals surface area contributed by atoms with E-state index in [1.807, 2.05) is 26.1 Å². The van der Waals surface area contributed by atoms with Gasteiger partial charge < -0.3 is 10.5 Å². The monoisotopic (exact) mass is 323 g/mol. The van der Waals surface area contributed by atoms with Crippen molar-refractivity contribution >= 4 is 21.6 Å². The third-order valence-corrected chi connectivity index (χ3v) is 3.51. The van der Waals surface area contributed by atoms with Crippen molar-refractivity contribution < 1.29 is 4.74 Å². The number of aryl methyl sites for hydroxylation is 2. The van der Waals surface area contributed by atoms with Gasteiger partial charge in [0.25, 0.3) is 0 Å². The van der Waals surface area contributed by atoms with Crippen molar-refractivity contribution in [1.82, 2.24) is 9.78 Å². The van der Waals surface area contributed by atoms with E-state index in [9.17, 15) is 0 Å². The van der Waals surface area contributed by atoms with Crippen molar-refractivity contribution in [2.45, 2.75) is 26.7 Å². The average Bonchev–Trinajstić information content (AvgIpc) is 2.57. The molecule has 0 aliphatic heterocycles. The van der Waals surface area contributed by atoms with Crippen molar-refractivity contribution in [2.75, 3.05) is 5.73 Å². The van der Waals surface area contributed by atoms with E-state index >= 15 is 0 Å². The largest absolute Gasteiger partial charge is 0.437 e. The number of nitrogens with two attached hydrogens (primary N) is 1. The molecule has 2 rings (SSSR count). The lowest BCUT2D eigenvalue weighted by Crippen LogP contribution is -2.00. The van der Waals surface area contributed by atoms with Crippen LogP contribution < -0.4 is 10.5 Å². The summed E-state index contributed by atoms with van der Waals surface area (Å²) >= 11 is 3.49. The van der Waals surface area contributed by atoms with Gasteiger partial charge in [-0.1, -0.05) is 29.8 Å². The van der Waals surface area contributed by atoms with Crippen LogP contribution in [0.3, 0.4) is 0 Å². The van der Waals surface area contributed by atoms with Crippen LogP contribution in [0.4, 0.5) is 5.69 Å².